The molecule has 1 heterocycles. The number of hydrogen-bond acceptors (Lipinski definition) is 6. The third-order valence-corrected chi connectivity index (χ3v) is 6.15. The number of nitrogens with one attached hydrogen (secondary N) is 2. The Morgan fingerprint density at radius 3 is 2.03 bits per heavy atom. The van der Waals surface area contributed by atoms with E-state index in [1.54, 1.807) is 38.1 Å². The summed E-state index contributed by atoms with van der Waals surface area (Å²) in [5.41, 5.74) is -0.00649. The van der Waals surface area contributed by atoms with Crippen LogP contribution in [0.1, 0.15) is 24.2 Å². The molecule has 190 valence electrons. The van der Waals surface area contributed by atoms with Crippen LogP contribution in [0.15, 0.2) is 72.8 Å². The molecule has 10 heteroatoms. The summed E-state index contributed by atoms with van der Waals surface area (Å²) in [5, 5.41) is 5.94. The average Bonchev–Trinajstić information content (AvgIpc) is 3.27. The molecule has 0 saturated carbocycles. The van der Waals surface area contributed by atoms with Crippen molar-refractivity contribution in [2.75, 3.05) is 12.4 Å². The fraction of sp³-hybridized carbons (Fsp3) is 0.148. The number of thiazole rings is 1. The van der Waals surface area contributed by atoms with E-state index >= 15 is 0 Å². The Morgan fingerprint density at radius 1 is 0.865 bits per heavy atom. The van der Waals surface area contributed by atoms with E-state index < -0.39 is 29.0 Å². The molecule has 4 aromatic rings. The Kier molecular flexibility index (Phi) is 7.49. The van der Waals surface area contributed by atoms with Gasteiger partial charge in [0.25, 0.3) is 11.8 Å². The maximum Gasteiger partial charge on any atom is 0.252 e. The van der Waals surface area contributed by atoms with Crippen LogP contribution in [0.4, 0.5) is 13.9 Å². The van der Waals surface area contributed by atoms with Gasteiger partial charge in [-0.2, -0.15) is 0 Å². The van der Waals surface area contributed by atoms with Gasteiger partial charge in [0, 0.05) is 11.1 Å². The molecular formula is C27H23F2N3O4S. The first-order chi connectivity index (χ1) is 17.6. The van der Waals surface area contributed by atoms with E-state index in [1.807, 2.05) is 0 Å². The molecule has 3 aromatic carbocycles. The van der Waals surface area contributed by atoms with Crippen LogP contribution >= 0.6 is 11.3 Å². The van der Waals surface area contributed by atoms with Gasteiger partial charge in [0.1, 0.15) is 34.4 Å². The molecule has 0 unspecified atom stereocenters. The minimum absolute atomic E-state index is 0.202. The molecule has 0 atom stereocenters. The molecule has 37 heavy (non-hydrogen) atoms. The summed E-state index contributed by atoms with van der Waals surface area (Å²) in [7, 11) is 1.53. The predicted octanol–water partition coefficient (Wildman–Crippen LogP) is 6.04. The molecule has 0 radical (unpaired) electrons. The Labute approximate surface area is 216 Å². The molecule has 4 rings (SSSR count). The Morgan fingerprint density at radius 2 is 1.43 bits per heavy atom. The Balaban J connectivity index is 1.55. The number of carbonyl (C=O) groups is 2. The highest BCUT2D eigenvalue weighted by atomic mass is 32.1. The molecule has 0 spiro atoms. The number of aromatic nitrogens is 1. The molecule has 0 aliphatic heterocycles. The summed E-state index contributed by atoms with van der Waals surface area (Å²) in [6.45, 7) is 3.13. The van der Waals surface area contributed by atoms with Crippen LogP contribution in [-0.4, -0.2) is 29.4 Å². The Hall–Kier alpha value is -4.31. The van der Waals surface area contributed by atoms with Crippen LogP contribution < -0.4 is 20.1 Å². The van der Waals surface area contributed by atoms with Gasteiger partial charge in [0.2, 0.25) is 5.06 Å². The van der Waals surface area contributed by atoms with E-state index in [4.69, 9.17) is 9.47 Å². The highest BCUT2D eigenvalue weighted by Gasteiger charge is 2.31. The first-order valence-corrected chi connectivity index (χ1v) is 11.9. The van der Waals surface area contributed by atoms with Crippen molar-refractivity contribution in [1.29, 1.82) is 0 Å². The quantitative estimate of drug-likeness (QED) is 0.294. The zero-order chi connectivity index (χ0) is 26.6. The van der Waals surface area contributed by atoms with Gasteiger partial charge < -0.3 is 14.8 Å². The number of methoxy groups -OCH3 is 1. The lowest BCUT2D eigenvalue weighted by atomic mass is 10.0. The molecule has 0 bridgehead atoms. The van der Waals surface area contributed by atoms with Crippen molar-refractivity contribution in [3.05, 3.63) is 90.0 Å². The summed E-state index contributed by atoms with van der Waals surface area (Å²) in [6, 6.07) is 17.6. The number of halogens is 2. The number of hydrogen-bond donors (Lipinski definition) is 2. The maximum absolute atomic E-state index is 13.5. The van der Waals surface area contributed by atoms with Gasteiger partial charge in [-0.1, -0.05) is 11.3 Å². The number of ether oxygens (including phenoxy) is 2. The highest BCUT2D eigenvalue weighted by Crippen LogP contribution is 2.40. The van der Waals surface area contributed by atoms with Gasteiger partial charge in [0.05, 0.1) is 7.11 Å². The topological polar surface area (TPSA) is 89.5 Å². The third kappa shape index (κ3) is 6.28. The van der Waals surface area contributed by atoms with Crippen LogP contribution in [-0.2, 0) is 4.79 Å². The summed E-state index contributed by atoms with van der Waals surface area (Å²) in [5.74, 6) is -0.812. The van der Waals surface area contributed by atoms with E-state index in [-0.39, 0.29) is 5.13 Å². The molecule has 0 fully saturated rings. The van der Waals surface area contributed by atoms with Gasteiger partial charge in [-0.3, -0.25) is 14.9 Å². The lowest BCUT2D eigenvalue weighted by Crippen LogP contribution is -2.52. The zero-order valence-corrected chi connectivity index (χ0v) is 21.0. The van der Waals surface area contributed by atoms with Crippen LogP contribution in [0, 0.1) is 11.6 Å². The second-order valence-corrected chi connectivity index (χ2v) is 9.44. The van der Waals surface area contributed by atoms with Gasteiger partial charge in [0.15, 0.2) is 5.13 Å². The van der Waals surface area contributed by atoms with Crippen molar-refractivity contribution in [2.45, 2.75) is 19.4 Å². The van der Waals surface area contributed by atoms with E-state index in [9.17, 15) is 18.4 Å². The van der Waals surface area contributed by atoms with E-state index in [0.29, 0.717) is 33.4 Å². The molecule has 2 amide bonds. The fourth-order valence-electron chi connectivity index (χ4n) is 3.24. The van der Waals surface area contributed by atoms with Crippen molar-refractivity contribution in [3.63, 3.8) is 0 Å². The zero-order valence-electron chi connectivity index (χ0n) is 20.2. The summed E-state index contributed by atoms with van der Waals surface area (Å²) < 4.78 is 37.8. The predicted molar refractivity (Wildman–Crippen MR) is 137 cm³/mol. The minimum Gasteiger partial charge on any atom is -0.497 e. The van der Waals surface area contributed by atoms with Gasteiger partial charge in [-0.25, -0.2) is 13.8 Å². The normalized spacial score (nSPS) is 11.1. The van der Waals surface area contributed by atoms with Gasteiger partial charge in [-0.05, 0) is 86.6 Å². The van der Waals surface area contributed by atoms with Gasteiger partial charge >= 0.3 is 0 Å². The highest BCUT2D eigenvalue weighted by molar-refractivity contribution is 7.18. The Bertz CT molecular complexity index is 1400. The van der Waals surface area contributed by atoms with Crippen LogP contribution in [0.5, 0.6) is 16.6 Å². The van der Waals surface area contributed by atoms with Crippen molar-refractivity contribution in [1.82, 2.24) is 10.3 Å². The van der Waals surface area contributed by atoms with E-state index in [1.165, 1.54) is 55.6 Å². The summed E-state index contributed by atoms with van der Waals surface area (Å²) in [6.07, 6.45) is 0. The minimum atomic E-state index is -1.29. The van der Waals surface area contributed by atoms with Crippen LogP contribution in [0.3, 0.4) is 0 Å². The van der Waals surface area contributed by atoms with E-state index in [0.717, 1.165) is 11.3 Å². The number of anilines is 1. The van der Waals surface area contributed by atoms with Crippen molar-refractivity contribution in [2.24, 2.45) is 0 Å². The van der Waals surface area contributed by atoms with Crippen molar-refractivity contribution in [3.8, 4) is 27.8 Å². The maximum atomic E-state index is 13.5. The largest absolute Gasteiger partial charge is 0.497 e. The standard InChI is InChI=1S/C27H23F2N3O4S/c1-27(2,32-23(33)17-6-12-20(35-3)13-7-17)25(34)31-26-30-22(16-4-8-18(28)9-5-16)24(37-26)36-21-14-10-19(29)11-15-21/h4-15H,1-3H3,(H,32,33)(H,30,31,34). The molecule has 7 nitrogen and oxygen atoms in total. The number of amides is 2. The van der Waals surface area contributed by atoms with Gasteiger partial charge in [-0.15, -0.1) is 0 Å². The first-order valence-electron chi connectivity index (χ1n) is 11.1. The van der Waals surface area contributed by atoms with Crippen LogP contribution in [0.25, 0.3) is 11.3 Å². The molecule has 2 N–H and O–H groups in total. The molecule has 0 aliphatic rings. The second-order valence-electron chi connectivity index (χ2n) is 8.48. The molecular weight excluding hydrogens is 500 g/mol. The number of rotatable bonds is 8. The summed E-state index contributed by atoms with van der Waals surface area (Å²) in [4.78, 5) is 30.3. The third-order valence-electron chi connectivity index (χ3n) is 5.30. The van der Waals surface area contributed by atoms with Crippen LogP contribution in [0.2, 0.25) is 0 Å². The smallest absolute Gasteiger partial charge is 0.252 e. The monoisotopic (exact) mass is 523 g/mol. The number of carbonyl (C=O) groups excluding carboxylic acids is 2. The first kappa shape index (κ1) is 25.8. The lowest BCUT2D eigenvalue weighted by Gasteiger charge is -2.24. The fourth-order valence-corrected chi connectivity index (χ4v) is 4.09. The molecule has 1 aromatic heterocycles. The van der Waals surface area contributed by atoms with Crippen molar-refractivity contribution >= 4 is 28.3 Å². The summed E-state index contributed by atoms with van der Waals surface area (Å²) >= 11 is 1.04. The molecule has 0 saturated heterocycles. The average molecular weight is 524 g/mol. The van der Waals surface area contributed by atoms with Crippen molar-refractivity contribution < 1.29 is 27.8 Å². The van der Waals surface area contributed by atoms with E-state index in [2.05, 4.69) is 15.6 Å². The lowest BCUT2D eigenvalue weighted by molar-refractivity contribution is -0.120. The molecule has 0 aliphatic carbocycles. The number of benzene rings is 3. The number of nitrogens with zero attached hydrogens (tertiary/aromatic N) is 1. The SMILES string of the molecule is COc1ccc(C(=O)NC(C)(C)C(=O)Nc2nc(-c3ccc(F)cc3)c(Oc3ccc(F)cc3)s2)cc1. The second kappa shape index (κ2) is 10.8.